The number of nitrogens with one attached hydrogen (secondary N) is 1. The summed E-state index contributed by atoms with van der Waals surface area (Å²) in [6.45, 7) is 2.91. The number of fused-ring (bicyclic) bond motifs is 1. The van der Waals surface area contributed by atoms with E-state index in [2.05, 4.69) is 23.4 Å². The quantitative estimate of drug-likeness (QED) is 0.528. The Hall–Kier alpha value is -3.34. The molecule has 130 valence electrons. The minimum absolute atomic E-state index is 0.189. The van der Waals surface area contributed by atoms with E-state index in [4.69, 9.17) is 4.74 Å². The molecule has 0 spiro atoms. The van der Waals surface area contributed by atoms with Crippen molar-refractivity contribution in [2.45, 2.75) is 6.92 Å². The molecule has 0 aliphatic heterocycles. The average Bonchev–Trinajstić information content (AvgIpc) is 3.09. The van der Waals surface area contributed by atoms with Crippen LogP contribution in [-0.2, 0) is 0 Å². The number of benzene rings is 2. The third-order valence-electron chi connectivity index (χ3n) is 4.13. The normalized spacial score (nSPS) is 10.8. The minimum Gasteiger partial charge on any atom is -0.452 e. The van der Waals surface area contributed by atoms with E-state index in [-0.39, 0.29) is 5.75 Å². The molecule has 0 amide bonds. The highest BCUT2D eigenvalue weighted by Gasteiger charge is 2.14. The largest absolute Gasteiger partial charge is 0.452 e. The van der Waals surface area contributed by atoms with Gasteiger partial charge in [0.05, 0.1) is 6.20 Å². The number of nitrogens with zero attached hydrogens (tertiary/aromatic N) is 2. The third kappa shape index (κ3) is 2.99. The van der Waals surface area contributed by atoms with Gasteiger partial charge in [0.15, 0.2) is 17.3 Å². The lowest BCUT2D eigenvalue weighted by Gasteiger charge is -2.11. The van der Waals surface area contributed by atoms with Crippen molar-refractivity contribution in [1.82, 2.24) is 9.61 Å². The van der Waals surface area contributed by atoms with Crippen molar-refractivity contribution in [2.24, 2.45) is 0 Å². The van der Waals surface area contributed by atoms with Crippen LogP contribution in [-0.4, -0.2) is 16.2 Å². The van der Waals surface area contributed by atoms with E-state index in [1.54, 1.807) is 35.0 Å². The first-order chi connectivity index (χ1) is 12.8. The molecule has 0 fully saturated rings. The highest BCUT2D eigenvalue weighted by atomic mass is 19.1. The number of hydrogen-bond acceptors (Lipinski definition) is 3. The van der Waals surface area contributed by atoms with Gasteiger partial charge in [-0.1, -0.05) is 24.3 Å². The smallest absolute Gasteiger partial charge is 0.165 e. The van der Waals surface area contributed by atoms with Gasteiger partial charge in [-0.05, 0) is 42.8 Å². The fraction of sp³-hybridized carbons (Fsp3) is 0.0952. The summed E-state index contributed by atoms with van der Waals surface area (Å²) in [5, 5.41) is 7.65. The fourth-order valence-electron chi connectivity index (χ4n) is 2.98. The summed E-state index contributed by atoms with van der Waals surface area (Å²) < 4.78 is 21.6. The molecule has 4 rings (SSSR count). The van der Waals surface area contributed by atoms with Gasteiger partial charge in [-0.15, -0.1) is 0 Å². The van der Waals surface area contributed by atoms with E-state index in [1.807, 2.05) is 30.5 Å². The van der Waals surface area contributed by atoms with Crippen LogP contribution in [0.3, 0.4) is 0 Å². The molecule has 0 radical (unpaired) electrons. The summed E-state index contributed by atoms with van der Waals surface area (Å²) in [5.74, 6) is 0.345. The Kier molecular flexibility index (Phi) is 4.27. The standard InChI is InChI=1S/C21H18FN3O/c1-2-23-16-7-5-6-15(14-16)17-11-13-25-21(17)20(10-12-24-25)26-19-9-4-3-8-18(19)22/h3-14,23H,2H2,1H3. The zero-order valence-corrected chi connectivity index (χ0v) is 14.3. The average molecular weight is 347 g/mol. The van der Waals surface area contributed by atoms with Crippen LogP contribution in [0.25, 0.3) is 16.6 Å². The van der Waals surface area contributed by atoms with Crippen molar-refractivity contribution in [1.29, 1.82) is 0 Å². The van der Waals surface area contributed by atoms with Crippen molar-refractivity contribution < 1.29 is 9.13 Å². The molecule has 0 aliphatic rings. The van der Waals surface area contributed by atoms with Crippen LogP contribution in [0.15, 0.2) is 73.1 Å². The first kappa shape index (κ1) is 16.1. The van der Waals surface area contributed by atoms with Crippen LogP contribution in [0.2, 0.25) is 0 Å². The van der Waals surface area contributed by atoms with Crippen molar-refractivity contribution in [3.8, 4) is 22.6 Å². The molecule has 5 heteroatoms. The van der Waals surface area contributed by atoms with E-state index in [0.29, 0.717) is 5.75 Å². The Bertz CT molecular complexity index is 1060. The molecule has 4 aromatic rings. The highest BCUT2D eigenvalue weighted by Crippen LogP contribution is 2.35. The van der Waals surface area contributed by atoms with E-state index in [0.717, 1.165) is 28.9 Å². The topological polar surface area (TPSA) is 38.6 Å². The molecule has 1 N–H and O–H groups in total. The first-order valence-corrected chi connectivity index (χ1v) is 8.49. The molecule has 4 nitrogen and oxygen atoms in total. The number of rotatable bonds is 5. The highest BCUT2D eigenvalue weighted by molar-refractivity contribution is 5.86. The number of aromatic nitrogens is 2. The van der Waals surface area contributed by atoms with Crippen molar-refractivity contribution in [3.63, 3.8) is 0 Å². The molecule has 0 saturated heterocycles. The summed E-state index contributed by atoms with van der Waals surface area (Å²) in [4.78, 5) is 0. The van der Waals surface area contributed by atoms with Gasteiger partial charge in [-0.2, -0.15) is 5.10 Å². The maximum atomic E-state index is 14.0. The molecule has 2 heterocycles. The van der Waals surface area contributed by atoms with Crippen molar-refractivity contribution >= 4 is 11.2 Å². The van der Waals surface area contributed by atoms with Crippen molar-refractivity contribution in [3.05, 3.63) is 78.9 Å². The summed E-state index contributed by atoms with van der Waals surface area (Å²) in [5.41, 5.74) is 3.86. The number of anilines is 1. The van der Waals surface area contributed by atoms with Crippen LogP contribution >= 0.6 is 0 Å². The van der Waals surface area contributed by atoms with Crippen LogP contribution in [0.1, 0.15) is 6.92 Å². The Morgan fingerprint density at radius 2 is 1.92 bits per heavy atom. The van der Waals surface area contributed by atoms with Gasteiger partial charge in [0, 0.05) is 30.1 Å². The SMILES string of the molecule is CCNc1cccc(-c2ccn3nccc(Oc4ccccc4F)c23)c1. The molecular formula is C21H18FN3O. The maximum Gasteiger partial charge on any atom is 0.165 e. The summed E-state index contributed by atoms with van der Waals surface area (Å²) >= 11 is 0. The predicted molar refractivity (Wildman–Crippen MR) is 101 cm³/mol. The second-order valence-corrected chi connectivity index (χ2v) is 5.86. The Labute approximate surface area is 150 Å². The van der Waals surface area contributed by atoms with Crippen LogP contribution < -0.4 is 10.1 Å². The first-order valence-electron chi connectivity index (χ1n) is 8.49. The van der Waals surface area contributed by atoms with Gasteiger partial charge in [-0.3, -0.25) is 0 Å². The Morgan fingerprint density at radius 1 is 1.04 bits per heavy atom. The lowest BCUT2D eigenvalue weighted by atomic mass is 10.1. The van der Waals surface area contributed by atoms with Crippen LogP contribution in [0, 0.1) is 5.82 Å². The summed E-state index contributed by atoms with van der Waals surface area (Å²) in [6, 6.07) is 18.3. The number of para-hydroxylation sites is 1. The number of halogens is 1. The summed E-state index contributed by atoms with van der Waals surface area (Å²) in [6.07, 6.45) is 3.51. The molecule has 0 unspecified atom stereocenters. The molecule has 0 saturated carbocycles. The second kappa shape index (κ2) is 6.88. The van der Waals surface area contributed by atoms with E-state index < -0.39 is 5.82 Å². The minimum atomic E-state index is -0.398. The zero-order valence-electron chi connectivity index (χ0n) is 14.3. The third-order valence-corrected chi connectivity index (χ3v) is 4.13. The van der Waals surface area contributed by atoms with E-state index in [1.165, 1.54) is 6.07 Å². The molecule has 2 aromatic carbocycles. The monoisotopic (exact) mass is 347 g/mol. The number of hydrogen-bond donors (Lipinski definition) is 1. The summed E-state index contributed by atoms with van der Waals surface area (Å²) in [7, 11) is 0. The predicted octanol–water partition coefficient (Wildman–Crippen LogP) is 5.36. The lowest BCUT2D eigenvalue weighted by molar-refractivity contribution is 0.444. The van der Waals surface area contributed by atoms with Gasteiger partial charge in [0.2, 0.25) is 0 Å². The fourth-order valence-corrected chi connectivity index (χ4v) is 2.98. The molecule has 0 bridgehead atoms. The zero-order chi connectivity index (χ0) is 17.9. The van der Waals surface area contributed by atoms with Crippen LogP contribution in [0.5, 0.6) is 11.5 Å². The molecule has 2 aromatic heterocycles. The Morgan fingerprint density at radius 3 is 2.77 bits per heavy atom. The van der Waals surface area contributed by atoms with E-state index >= 15 is 0 Å². The molecule has 26 heavy (non-hydrogen) atoms. The molecule has 0 aliphatic carbocycles. The van der Waals surface area contributed by atoms with Crippen molar-refractivity contribution in [2.75, 3.05) is 11.9 Å². The lowest BCUT2D eigenvalue weighted by Crippen LogP contribution is -1.97. The molecular weight excluding hydrogens is 329 g/mol. The van der Waals surface area contributed by atoms with Crippen LogP contribution in [0.4, 0.5) is 10.1 Å². The van der Waals surface area contributed by atoms with E-state index in [9.17, 15) is 4.39 Å². The number of ether oxygens (including phenoxy) is 1. The van der Waals surface area contributed by atoms with Gasteiger partial charge in [0.1, 0.15) is 5.52 Å². The second-order valence-electron chi connectivity index (χ2n) is 5.86. The molecule has 0 atom stereocenters. The Balaban J connectivity index is 1.82. The van der Waals surface area contributed by atoms with Gasteiger partial charge < -0.3 is 10.1 Å². The van der Waals surface area contributed by atoms with Gasteiger partial charge in [0.25, 0.3) is 0 Å². The van der Waals surface area contributed by atoms with Gasteiger partial charge >= 0.3 is 0 Å². The van der Waals surface area contributed by atoms with Gasteiger partial charge in [-0.25, -0.2) is 8.91 Å². The maximum absolute atomic E-state index is 14.0.